The highest BCUT2D eigenvalue weighted by Gasteiger charge is 1.99. The normalized spacial score (nSPS) is 12.0. The van der Waals surface area contributed by atoms with E-state index in [2.05, 4.69) is 15.1 Å². The van der Waals surface area contributed by atoms with E-state index in [1.807, 2.05) is 6.92 Å². The molecule has 0 aromatic carbocycles. The van der Waals surface area contributed by atoms with E-state index in [0.717, 1.165) is 12.4 Å². The number of aliphatic imine (C=N–C) groups is 1. The van der Waals surface area contributed by atoms with Crippen LogP contribution in [0.5, 0.6) is 0 Å². The maximum Gasteiger partial charge on any atom is 0.148 e. The Morgan fingerprint density at radius 3 is 3.08 bits per heavy atom. The van der Waals surface area contributed by atoms with Crippen LogP contribution in [0, 0.1) is 0 Å². The monoisotopic (exact) mass is 167 g/mol. The summed E-state index contributed by atoms with van der Waals surface area (Å²) in [4.78, 5) is 8.09. The standard InChI is InChI=1S/C7H13N5/c1-3-12-7(10-5-11-12)4-9-6(2)8/h5H,3-4H2,1-2H3,(H2,8,9). The smallest absolute Gasteiger partial charge is 0.148 e. The Balaban J connectivity index is 2.68. The van der Waals surface area contributed by atoms with Crippen LogP contribution in [0.2, 0.25) is 0 Å². The van der Waals surface area contributed by atoms with E-state index in [-0.39, 0.29) is 0 Å². The van der Waals surface area contributed by atoms with Crippen molar-refractivity contribution in [2.75, 3.05) is 0 Å². The number of nitrogens with zero attached hydrogens (tertiary/aromatic N) is 4. The number of hydrogen-bond acceptors (Lipinski definition) is 3. The molecule has 0 atom stereocenters. The van der Waals surface area contributed by atoms with Crippen LogP contribution in [-0.4, -0.2) is 20.6 Å². The van der Waals surface area contributed by atoms with Gasteiger partial charge in [-0.15, -0.1) is 0 Å². The van der Waals surface area contributed by atoms with Crippen molar-refractivity contribution in [2.24, 2.45) is 10.7 Å². The van der Waals surface area contributed by atoms with Gasteiger partial charge < -0.3 is 5.73 Å². The minimum Gasteiger partial charge on any atom is -0.388 e. The zero-order chi connectivity index (χ0) is 8.97. The van der Waals surface area contributed by atoms with Crippen LogP contribution in [0.15, 0.2) is 11.3 Å². The predicted octanol–water partition coefficient (Wildman–Crippen LogP) is 0.175. The van der Waals surface area contributed by atoms with Crippen molar-refractivity contribution in [3.63, 3.8) is 0 Å². The van der Waals surface area contributed by atoms with Crippen LogP contribution >= 0.6 is 0 Å². The van der Waals surface area contributed by atoms with Crippen molar-refractivity contribution in [3.8, 4) is 0 Å². The minimum absolute atomic E-state index is 0.510. The summed E-state index contributed by atoms with van der Waals surface area (Å²) in [6, 6.07) is 0. The molecule has 0 amide bonds. The average Bonchev–Trinajstić information content (AvgIpc) is 2.47. The molecule has 0 fully saturated rings. The average molecular weight is 167 g/mol. The number of aryl methyl sites for hydroxylation is 1. The van der Waals surface area contributed by atoms with Gasteiger partial charge in [0.25, 0.3) is 0 Å². The van der Waals surface area contributed by atoms with Gasteiger partial charge in [0.2, 0.25) is 0 Å². The Labute approximate surface area is 71.3 Å². The predicted molar refractivity (Wildman–Crippen MR) is 46.7 cm³/mol. The minimum atomic E-state index is 0.510. The zero-order valence-corrected chi connectivity index (χ0v) is 7.36. The molecule has 66 valence electrons. The number of rotatable bonds is 3. The first-order valence-electron chi connectivity index (χ1n) is 3.87. The van der Waals surface area contributed by atoms with E-state index >= 15 is 0 Å². The van der Waals surface area contributed by atoms with Gasteiger partial charge >= 0.3 is 0 Å². The topological polar surface area (TPSA) is 69.1 Å². The molecule has 2 N–H and O–H groups in total. The van der Waals surface area contributed by atoms with Gasteiger partial charge in [-0.2, -0.15) is 5.10 Å². The van der Waals surface area contributed by atoms with Crippen molar-refractivity contribution < 1.29 is 0 Å². The quantitative estimate of drug-likeness (QED) is 0.515. The largest absolute Gasteiger partial charge is 0.388 e. The van der Waals surface area contributed by atoms with Gasteiger partial charge in [0, 0.05) is 6.54 Å². The number of aromatic nitrogens is 3. The Morgan fingerprint density at radius 2 is 2.50 bits per heavy atom. The van der Waals surface area contributed by atoms with Crippen LogP contribution < -0.4 is 5.73 Å². The van der Waals surface area contributed by atoms with E-state index in [1.54, 1.807) is 11.6 Å². The summed E-state index contributed by atoms with van der Waals surface area (Å²) in [5.74, 6) is 1.42. The van der Waals surface area contributed by atoms with E-state index in [4.69, 9.17) is 5.73 Å². The summed E-state index contributed by atoms with van der Waals surface area (Å²) in [6.07, 6.45) is 1.53. The van der Waals surface area contributed by atoms with Gasteiger partial charge in [-0.05, 0) is 13.8 Å². The van der Waals surface area contributed by atoms with Gasteiger partial charge in [-0.1, -0.05) is 0 Å². The van der Waals surface area contributed by atoms with Crippen molar-refractivity contribution in [3.05, 3.63) is 12.2 Å². The summed E-state index contributed by atoms with van der Waals surface area (Å²) in [5.41, 5.74) is 5.39. The van der Waals surface area contributed by atoms with Crippen LogP contribution in [0.3, 0.4) is 0 Å². The van der Waals surface area contributed by atoms with Crippen LogP contribution in [0.4, 0.5) is 0 Å². The highest BCUT2D eigenvalue weighted by molar-refractivity contribution is 5.77. The van der Waals surface area contributed by atoms with Crippen LogP contribution in [-0.2, 0) is 13.1 Å². The first-order valence-corrected chi connectivity index (χ1v) is 3.87. The van der Waals surface area contributed by atoms with E-state index in [1.165, 1.54) is 6.33 Å². The first kappa shape index (κ1) is 8.70. The van der Waals surface area contributed by atoms with E-state index in [0.29, 0.717) is 12.4 Å². The fourth-order valence-electron chi connectivity index (χ4n) is 0.870. The van der Waals surface area contributed by atoms with Crippen molar-refractivity contribution >= 4 is 5.84 Å². The van der Waals surface area contributed by atoms with E-state index < -0.39 is 0 Å². The number of amidine groups is 1. The van der Waals surface area contributed by atoms with Crippen molar-refractivity contribution in [2.45, 2.75) is 26.9 Å². The Bertz CT molecular complexity index is 271. The summed E-state index contributed by atoms with van der Waals surface area (Å²) < 4.78 is 1.80. The molecule has 5 nitrogen and oxygen atoms in total. The van der Waals surface area contributed by atoms with Gasteiger partial charge in [0.15, 0.2) is 0 Å². The maximum absolute atomic E-state index is 5.39. The van der Waals surface area contributed by atoms with Gasteiger partial charge in [-0.3, -0.25) is 4.99 Å². The molecule has 0 aliphatic carbocycles. The second-order valence-corrected chi connectivity index (χ2v) is 2.45. The number of nitrogens with two attached hydrogens (primary N) is 1. The summed E-state index contributed by atoms with van der Waals surface area (Å²) >= 11 is 0. The third-order valence-electron chi connectivity index (χ3n) is 1.47. The molecule has 0 aliphatic rings. The molecule has 0 aliphatic heterocycles. The third-order valence-corrected chi connectivity index (χ3v) is 1.47. The fourth-order valence-corrected chi connectivity index (χ4v) is 0.870. The molecule has 0 saturated carbocycles. The molecule has 0 radical (unpaired) electrons. The molecule has 1 aromatic rings. The van der Waals surface area contributed by atoms with Crippen LogP contribution in [0.1, 0.15) is 19.7 Å². The lowest BCUT2D eigenvalue weighted by Crippen LogP contribution is -2.08. The lowest BCUT2D eigenvalue weighted by molar-refractivity contribution is 0.616. The lowest BCUT2D eigenvalue weighted by atomic mass is 10.5. The maximum atomic E-state index is 5.39. The fraction of sp³-hybridized carbons (Fsp3) is 0.571. The molecule has 0 spiro atoms. The highest BCUT2D eigenvalue weighted by atomic mass is 15.3. The molecule has 0 saturated heterocycles. The Morgan fingerprint density at radius 1 is 1.75 bits per heavy atom. The van der Waals surface area contributed by atoms with Gasteiger partial charge in [0.1, 0.15) is 18.7 Å². The molecule has 1 heterocycles. The molecule has 0 unspecified atom stereocenters. The highest BCUT2D eigenvalue weighted by Crippen LogP contribution is 1.95. The van der Waals surface area contributed by atoms with Crippen molar-refractivity contribution in [1.82, 2.24) is 14.8 Å². The SMILES string of the molecule is CCn1ncnc1CN=C(C)N. The second kappa shape index (κ2) is 3.85. The first-order chi connectivity index (χ1) is 5.74. The molecule has 12 heavy (non-hydrogen) atoms. The van der Waals surface area contributed by atoms with E-state index in [9.17, 15) is 0 Å². The van der Waals surface area contributed by atoms with Crippen molar-refractivity contribution in [1.29, 1.82) is 0 Å². The second-order valence-electron chi connectivity index (χ2n) is 2.45. The molecular formula is C7H13N5. The third kappa shape index (κ3) is 2.05. The summed E-state index contributed by atoms with van der Waals surface area (Å²) in [6.45, 7) is 5.09. The molecule has 1 aromatic heterocycles. The number of hydrogen-bond donors (Lipinski definition) is 1. The summed E-state index contributed by atoms with van der Waals surface area (Å²) in [5, 5.41) is 4.01. The molecule has 1 rings (SSSR count). The van der Waals surface area contributed by atoms with Gasteiger partial charge in [0.05, 0.1) is 5.84 Å². The van der Waals surface area contributed by atoms with Gasteiger partial charge in [-0.25, -0.2) is 9.67 Å². The molecule has 5 heteroatoms. The van der Waals surface area contributed by atoms with Crippen LogP contribution in [0.25, 0.3) is 0 Å². The molecule has 0 bridgehead atoms. The summed E-state index contributed by atoms with van der Waals surface area (Å²) in [7, 11) is 0. The Hall–Kier alpha value is -1.39. The lowest BCUT2D eigenvalue weighted by Gasteiger charge is -1.98. The zero-order valence-electron chi connectivity index (χ0n) is 7.36. The molecular weight excluding hydrogens is 154 g/mol. The Kier molecular flexibility index (Phi) is 2.79.